The predicted octanol–water partition coefficient (Wildman–Crippen LogP) is 1.92. The van der Waals surface area contributed by atoms with Crippen LogP contribution in [0.1, 0.15) is 41.6 Å². The zero-order valence-corrected chi connectivity index (χ0v) is 14.5. The fourth-order valence-corrected chi connectivity index (χ4v) is 3.76. The van der Waals surface area contributed by atoms with Gasteiger partial charge in [-0.15, -0.1) is 0 Å². The first-order valence-electron chi connectivity index (χ1n) is 8.86. The molecule has 0 saturated carbocycles. The molecule has 2 heterocycles. The normalized spacial score (nSPS) is 23.6. The lowest BCUT2D eigenvalue weighted by Gasteiger charge is -2.35. The second-order valence-corrected chi connectivity index (χ2v) is 6.98. The van der Waals surface area contributed by atoms with Gasteiger partial charge in [-0.3, -0.25) is 9.59 Å². The van der Waals surface area contributed by atoms with E-state index in [4.69, 9.17) is 0 Å². The number of carboxylic acid groups (broad SMARTS) is 1. The van der Waals surface area contributed by atoms with Crippen LogP contribution in [0.3, 0.4) is 0 Å². The van der Waals surface area contributed by atoms with Crippen molar-refractivity contribution in [2.75, 3.05) is 19.6 Å². The second-order valence-electron chi connectivity index (χ2n) is 6.98. The molecular formula is C19H24N2O4. The quantitative estimate of drug-likeness (QED) is 0.909. The molecule has 0 aromatic heterocycles. The summed E-state index contributed by atoms with van der Waals surface area (Å²) in [5, 5.41) is 9.28. The third kappa shape index (κ3) is 3.67. The van der Waals surface area contributed by atoms with Crippen molar-refractivity contribution in [1.29, 1.82) is 0 Å². The van der Waals surface area contributed by atoms with Gasteiger partial charge in [-0.2, -0.15) is 0 Å². The van der Waals surface area contributed by atoms with Gasteiger partial charge < -0.3 is 14.9 Å². The minimum atomic E-state index is -0.936. The molecule has 25 heavy (non-hydrogen) atoms. The number of carbonyl (C=O) groups excluding carboxylic acids is 2. The SMILES string of the molecule is Cc1ccc(C(=O)N2CCCC(C(=O)N3CCC[C@@H]3C(=O)O)C2)cc1. The van der Waals surface area contributed by atoms with Crippen LogP contribution in [-0.4, -0.2) is 58.4 Å². The molecule has 1 aromatic carbocycles. The smallest absolute Gasteiger partial charge is 0.326 e. The molecule has 6 heteroatoms. The predicted molar refractivity (Wildman–Crippen MR) is 92.2 cm³/mol. The molecule has 1 N–H and O–H groups in total. The van der Waals surface area contributed by atoms with E-state index in [0.717, 1.165) is 18.4 Å². The molecule has 2 saturated heterocycles. The standard InChI is InChI=1S/C19H24N2O4/c1-13-6-8-14(9-7-13)17(22)20-10-2-4-15(12-20)18(23)21-11-3-5-16(21)19(24)25/h6-9,15-16H,2-5,10-12H2,1H3,(H,24,25)/t15?,16-/m1/s1. The largest absolute Gasteiger partial charge is 0.480 e. The average molecular weight is 344 g/mol. The Morgan fingerprint density at radius 3 is 2.40 bits per heavy atom. The number of carboxylic acids is 1. The molecular weight excluding hydrogens is 320 g/mol. The lowest BCUT2D eigenvalue weighted by Crippen LogP contribution is -2.49. The Labute approximate surface area is 147 Å². The zero-order valence-electron chi connectivity index (χ0n) is 14.5. The topological polar surface area (TPSA) is 77.9 Å². The summed E-state index contributed by atoms with van der Waals surface area (Å²) in [6.45, 7) is 3.48. The van der Waals surface area contributed by atoms with E-state index in [1.807, 2.05) is 31.2 Å². The van der Waals surface area contributed by atoms with Gasteiger partial charge in [-0.25, -0.2) is 4.79 Å². The number of likely N-dealkylation sites (tertiary alicyclic amines) is 2. The van der Waals surface area contributed by atoms with E-state index in [9.17, 15) is 19.5 Å². The lowest BCUT2D eigenvalue weighted by atomic mass is 9.95. The molecule has 0 radical (unpaired) electrons. The highest BCUT2D eigenvalue weighted by Gasteiger charge is 2.39. The van der Waals surface area contributed by atoms with Crippen LogP contribution < -0.4 is 0 Å². The van der Waals surface area contributed by atoms with Crippen molar-refractivity contribution < 1.29 is 19.5 Å². The van der Waals surface area contributed by atoms with Crippen molar-refractivity contribution in [1.82, 2.24) is 9.80 Å². The Kier molecular flexibility index (Phi) is 5.06. The molecule has 1 aromatic rings. The van der Waals surface area contributed by atoms with Gasteiger partial charge in [0.05, 0.1) is 5.92 Å². The van der Waals surface area contributed by atoms with E-state index in [1.54, 1.807) is 4.90 Å². The first kappa shape index (κ1) is 17.5. The molecule has 1 unspecified atom stereocenters. The number of hydrogen-bond acceptors (Lipinski definition) is 3. The molecule has 134 valence electrons. The molecule has 2 atom stereocenters. The van der Waals surface area contributed by atoms with Gasteiger partial charge in [0.1, 0.15) is 6.04 Å². The highest BCUT2D eigenvalue weighted by molar-refractivity contribution is 5.95. The summed E-state index contributed by atoms with van der Waals surface area (Å²) < 4.78 is 0. The maximum absolute atomic E-state index is 12.8. The van der Waals surface area contributed by atoms with Crippen LogP contribution in [0.2, 0.25) is 0 Å². The Morgan fingerprint density at radius 2 is 1.72 bits per heavy atom. The van der Waals surface area contributed by atoms with E-state index in [0.29, 0.717) is 38.0 Å². The average Bonchev–Trinajstić information content (AvgIpc) is 3.11. The highest BCUT2D eigenvalue weighted by Crippen LogP contribution is 2.25. The number of amides is 2. The molecule has 2 amide bonds. The van der Waals surface area contributed by atoms with Crippen LogP contribution in [0, 0.1) is 12.8 Å². The van der Waals surface area contributed by atoms with Gasteiger partial charge >= 0.3 is 5.97 Å². The molecule has 3 rings (SSSR count). The minimum Gasteiger partial charge on any atom is -0.480 e. The maximum Gasteiger partial charge on any atom is 0.326 e. The third-order valence-electron chi connectivity index (χ3n) is 5.18. The summed E-state index contributed by atoms with van der Waals surface area (Å²) >= 11 is 0. The highest BCUT2D eigenvalue weighted by atomic mass is 16.4. The number of benzene rings is 1. The molecule has 2 aliphatic rings. The molecule has 2 fully saturated rings. The number of nitrogens with zero attached hydrogens (tertiary/aromatic N) is 2. The Bertz CT molecular complexity index is 671. The molecule has 0 bridgehead atoms. The van der Waals surface area contributed by atoms with E-state index >= 15 is 0 Å². The number of hydrogen-bond donors (Lipinski definition) is 1. The van der Waals surface area contributed by atoms with Gasteiger partial charge in [0.15, 0.2) is 0 Å². The van der Waals surface area contributed by atoms with Crippen molar-refractivity contribution in [2.45, 2.75) is 38.6 Å². The summed E-state index contributed by atoms with van der Waals surface area (Å²) in [7, 11) is 0. The number of rotatable bonds is 3. The second kappa shape index (κ2) is 7.25. The Balaban J connectivity index is 1.68. The summed E-state index contributed by atoms with van der Waals surface area (Å²) in [5.74, 6) is -1.42. The number of aryl methyl sites for hydroxylation is 1. The van der Waals surface area contributed by atoms with Gasteiger partial charge in [-0.1, -0.05) is 17.7 Å². The third-order valence-corrected chi connectivity index (χ3v) is 5.18. The summed E-state index contributed by atoms with van der Waals surface area (Å²) in [4.78, 5) is 40.0. The number of carbonyl (C=O) groups is 3. The Morgan fingerprint density at radius 1 is 1.04 bits per heavy atom. The minimum absolute atomic E-state index is 0.0614. The lowest BCUT2D eigenvalue weighted by molar-refractivity contribution is -0.150. The van der Waals surface area contributed by atoms with E-state index in [2.05, 4.69) is 0 Å². The zero-order chi connectivity index (χ0) is 18.0. The van der Waals surface area contributed by atoms with Crippen LogP contribution in [0.4, 0.5) is 0 Å². The molecule has 2 aliphatic heterocycles. The molecule has 0 aliphatic carbocycles. The van der Waals surface area contributed by atoms with Crippen LogP contribution in [0.15, 0.2) is 24.3 Å². The van der Waals surface area contributed by atoms with Gasteiger partial charge in [0.25, 0.3) is 5.91 Å². The Hall–Kier alpha value is -2.37. The first-order valence-corrected chi connectivity index (χ1v) is 8.86. The van der Waals surface area contributed by atoms with Crippen molar-refractivity contribution in [2.24, 2.45) is 5.92 Å². The van der Waals surface area contributed by atoms with Crippen LogP contribution in [0.25, 0.3) is 0 Å². The van der Waals surface area contributed by atoms with Crippen LogP contribution in [0.5, 0.6) is 0 Å². The van der Waals surface area contributed by atoms with E-state index in [-0.39, 0.29) is 17.7 Å². The van der Waals surface area contributed by atoms with E-state index < -0.39 is 12.0 Å². The maximum atomic E-state index is 12.8. The van der Waals surface area contributed by atoms with Gasteiger partial charge in [-0.05, 0) is 44.7 Å². The summed E-state index contributed by atoms with van der Waals surface area (Å²) in [6.07, 6.45) is 2.71. The van der Waals surface area contributed by atoms with Crippen molar-refractivity contribution in [3.05, 3.63) is 35.4 Å². The van der Waals surface area contributed by atoms with Gasteiger partial charge in [0.2, 0.25) is 5.91 Å². The molecule has 6 nitrogen and oxygen atoms in total. The monoisotopic (exact) mass is 344 g/mol. The van der Waals surface area contributed by atoms with Crippen LogP contribution >= 0.6 is 0 Å². The first-order chi connectivity index (χ1) is 12.0. The summed E-state index contributed by atoms with van der Waals surface area (Å²) in [5.41, 5.74) is 1.72. The van der Waals surface area contributed by atoms with Crippen molar-refractivity contribution >= 4 is 17.8 Å². The number of piperidine rings is 1. The van der Waals surface area contributed by atoms with Crippen LogP contribution in [-0.2, 0) is 9.59 Å². The number of aliphatic carboxylic acids is 1. The van der Waals surface area contributed by atoms with Crippen molar-refractivity contribution in [3.8, 4) is 0 Å². The molecule has 0 spiro atoms. The van der Waals surface area contributed by atoms with Crippen molar-refractivity contribution in [3.63, 3.8) is 0 Å². The fraction of sp³-hybridized carbons (Fsp3) is 0.526. The van der Waals surface area contributed by atoms with Gasteiger partial charge in [0, 0.05) is 25.2 Å². The van der Waals surface area contributed by atoms with E-state index in [1.165, 1.54) is 4.90 Å². The summed E-state index contributed by atoms with van der Waals surface area (Å²) in [6, 6.07) is 6.72. The fourth-order valence-electron chi connectivity index (χ4n) is 3.76.